The van der Waals surface area contributed by atoms with Crippen molar-refractivity contribution in [3.63, 3.8) is 0 Å². The Hall–Kier alpha value is -1.53. The summed E-state index contributed by atoms with van der Waals surface area (Å²) in [5, 5.41) is 2.75. The van der Waals surface area contributed by atoms with E-state index >= 15 is 0 Å². The molecule has 0 spiro atoms. The van der Waals surface area contributed by atoms with E-state index in [0.717, 1.165) is 6.42 Å². The summed E-state index contributed by atoms with van der Waals surface area (Å²) in [6.45, 7) is 0.626. The topological polar surface area (TPSA) is 71.8 Å². The van der Waals surface area contributed by atoms with Crippen LogP contribution < -0.4 is 5.32 Å². The van der Waals surface area contributed by atoms with Crippen molar-refractivity contribution in [1.82, 2.24) is 10.2 Å². The zero-order chi connectivity index (χ0) is 14.8. The van der Waals surface area contributed by atoms with Gasteiger partial charge in [-0.15, -0.1) is 0 Å². The molecule has 1 aliphatic rings. The number of likely N-dealkylation sites (tertiary alicyclic amines) is 1. The van der Waals surface area contributed by atoms with Crippen LogP contribution in [-0.2, 0) is 9.53 Å². The average Bonchev–Trinajstić information content (AvgIpc) is 3.05. The van der Waals surface area contributed by atoms with Crippen LogP contribution in [-0.4, -0.2) is 49.6 Å². The van der Waals surface area contributed by atoms with Gasteiger partial charge in [0.25, 0.3) is 5.91 Å². The average molecular weight is 301 g/mol. The van der Waals surface area contributed by atoms with E-state index in [0.29, 0.717) is 13.0 Å². The Morgan fingerprint density at radius 1 is 1.55 bits per heavy atom. The maximum Gasteiger partial charge on any atom is 0.290 e. The fourth-order valence-electron chi connectivity index (χ4n) is 2.66. The van der Waals surface area contributed by atoms with Crippen molar-refractivity contribution in [2.75, 3.05) is 27.3 Å². The number of methoxy groups -OCH3 is 1. The van der Waals surface area contributed by atoms with Gasteiger partial charge < -0.3 is 19.4 Å². The lowest BCUT2D eigenvalue weighted by Gasteiger charge is -2.35. The molecule has 1 saturated heterocycles. The minimum atomic E-state index is -0.986. The van der Waals surface area contributed by atoms with Gasteiger partial charge in [-0.25, -0.2) is 0 Å². The molecule has 0 aromatic carbocycles. The van der Waals surface area contributed by atoms with Crippen molar-refractivity contribution in [3.05, 3.63) is 23.1 Å². The van der Waals surface area contributed by atoms with Gasteiger partial charge in [0.05, 0.1) is 6.61 Å². The number of ether oxygens (including phenoxy) is 1. The van der Waals surface area contributed by atoms with E-state index in [1.807, 2.05) is 0 Å². The molecule has 1 atom stereocenters. The van der Waals surface area contributed by atoms with Gasteiger partial charge in [0.1, 0.15) is 5.54 Å². The Labute approximate surface area is 122 Å². The van der Waals surface area contributed by atoms with Crippen LogP contribution in [0.1, 0.15) is 23.4 Å². The first-order valence-corrected chi connectivity index (χ1v) is 6.71. The molecule has 1 aliphatic heterocycles. The monoisotopic (exact) mass is 300 g/mol. The molecular formula is C13H17ClN2O4. The van der Waals surface area contributed by atoms with Crippen molar-refractivity contribution in [2.45, 2.75) is 18.4 Å². The Kier molecular flexibility index (Phi) is 4.35. The fraction of sp³-hybridized carbons (Fsp3) is 0.538. The Balaban J connectivity index is 2.32. The number of rotatable bonds is 4. The van der Waals surface area contributed by atoms with Crippen molar-refractivity contribution in [1.29, 1.82) is 0 Å². The SMILES string of the molecule is CNC(=O)C1(COC)CCCN1C(=O)c1ccc(Cl)o1. The van der Waals surface area contributed by atoms with Gasteiger partial charge in [-0.2, -0.15) is 0 Å². The number of carbonyl (C=O) groups excluding carboxylic acids is 2. The molecule has 1 N–H and O–H groups in total. The highest BCUT2D eigenvalue weighted by Gasteiger charge is 2.50. The Morgan fingerprint density at radius 2 is 2.30 bits per heavy atom. The largest absolute Gasteiger partial charge is 0.440 e. The number of likely N-dealkylation sites (N-methyl/N-ethyl adjacent to an activating group) is 1. The van der Waals surface area contributed by atoms with Crippen LogP contribution in [0.15, 0.2) is 16.5 Å². The van der Waals surface area contributed by atoms with Crippen LogP contribution in [0.3, 0.4) is 0 Å². The molecule has 0 saturated carbocycles. The second-order valence-electron chi connectivity index (χ2n) is 4.71. The van der Waals surface area contributed by atoms with Crippen LogP contribution in [0, 0.1) is 0 Å². The highest BCUT2D eigenvalue weighted by Crippen LogP contribution is 2.32. The van der Waals surface area contributed by atoms with Gasteiger partial charge in [0.15, 0.2) is 11.0 Å². The van der Waals surface area contributed by atoms with Gasteiger partial charge in [-0.05, 0) is 36.6 Å². The first-order chi connectivity index (χ1) is 9.55. The molecule has 110 valence electrons. The van der Waals surface area contributed by atoms with Gasteiger partial charge >= 0.3 is 0 Å². The maximum absolute atomic E-state index is 12.5. The van der Waals surface area contributed by atoms with Crippen molar-refractivity contribution < 1.29 is 18.7 Å². The van der Waals surface area contributed by atoms with E-state index in [9.17, 15) is 9.59 Å². The van der Waals surface area contributed by atoms with Crippen LogP contribution in [0.25, 0.3) is 0 Å². The number of furan rings is 1. The molecule has 20 heavy (non-hydrogen) atoms. The molecule has 1 fully saturated rings. The third kappa shape index (κ3) is 2.41. The summed E-state index contributed by atoms with van der Waals surface area (Å²) >= 11 is 5.69. The van der Waals surface area contributed by atoms with Crippen LogP contribution in [0.2, 0.25) is 5.22 Å². The number of halogens is 1. The molecule has 0 aliphatic carbocycles. The van der Waals surface area contributed by atoms with E-state index in [2.05, 4.69) is 5.32 Å². The summed E-state index contributed by atoms with van der Waals surface area (Å²) in [7, 11) is 3.06. The molecule has 0 radical (unpaired) electrons. The van der Waals surface area contributed by atoms with E-state index in [1.165, 1.54) is 24.1 Å². The molecule has 6 nitrogen and oxygen atoms in total. The highest BCUT2D eigenvalue weighted by atomic mass is 35.5. The zero-order valence-electron chi connectivity index (χ0n) is 11.4. The summed E-state index contributed by atoms with van der Waals surface area (Å²) in [5.41, 5.74) is -0.986. The van der Waals surface area contributed by atoms with Gasteiger partial charge in [0, 0.05) is 20.7 Å². The molecule has 7 heteroatoms. The number of amides is 2. The van der Waals surface area contributed by atoms with E-state index in [-0.39, 0.29) is 29.4 Å². The van der Waals surface area contributed by atoms with E-state index < -0.39 is 5.54 Å². The second-order valence-corrected chi connectivity index (χ2v) is 5.08. The number of hydrogen-bond acceptors (Lipinski definition) is 4. The van der Waals surface area contributed by atoms with E-state index in [1.54, 1.807) is 7.05 Å². The standard InChI is InChI=1S/C13H17ClN2O4/c1-15-12(18)13(8-19-2)6-3-7-16(13)11(17)9-4-5-10(14)20-9/h4-5H,3,6-8H2,1-2H3,(H,15,18). The fourth-order valence-corrected chi connectivity index (χ4v) is 2.81. The summed E-state index contributed by atoms with van der Waals surface area (Å²) < 4.78 is 10.3. The number of nitrogens with zero attached hydrogens (tertiary/aromatic N) is 1. The van der Waals surface area contributed by atoms with Crippen LogP contribution in [0.4, 0.5) is 0 Å². The summed E-state index contributed by atoms with van der Waals surface area (Å²) in [4.78, 5) is 26.2. The molecule has 2 heterocycles. The minimum Gasteiger partial charge on any atom is -0.440 e. The Morgan fingerprint density at radius 3 is 2.85 bits per heavy atom. The number of carbonyl (C=O) groups is 2. The lowest BCUT2D eigenvalue weighted by molar-refractivity contribution is -0.133. The quantitative estimate of drug-likeness (QED) is 0.910. The highest BCUT2D eigenvalue weighted by molar-refractivity contribution is 6.29. The van der Waals surface area contributed by atoms with Crippen molar-refractivity contribution in [3.8, 4) is 0 Å². The maximum atomic E-state index is 12.5. The zero-order valence-corrected chi connectivity index (χ0v) is 12.2. The number of hydrogen-bond donors (Lipinski definition) is 1. The van der Waals surface area contributed by atoms with Crippen LogP contribution in [0.5, 0.6) is 0 Å². The summed E-state index contributed by atoms with van der Waals surface area (Å²) in [6.07, 6.45) is 1.29. The number of nitrogens with one attached hydrogen (secondary N) is 1. The normalized spacial score (nSPS) is 22.1. The minimum absolute atomic E-state index is 0.126. The Bertz CT molecular complexity index is 516. The molecule has 2 rings (SSSR count). The molecular weight excluding hydrogens is 284 g/mol. The molecule has 1 aromatic heterocycles. The molecule has 0 bridgehead atoms. The van der Waals surface area contributed by atoms with Gasteiger partial charge in [-0.1, -0.05) is 0 Å². The smallest absolute Gasteiger partial charge is 0.290 e. The first kappa shape index (κ1) is 14.9. The first-order valence-electron chi connectivity index (χ1n) is 6.33. The van der Waals surface area contributed by atoms with Gasteiger partial charge in [-0.3, -0.25) is 9.59 Å². The summed E-state index contributed by atoms with van der Waals surface area (Å²) in [5.74, 6) is -0.459. The molecule has 2 amide bonds. The molecule has 1 aromatic rings. The van der Waals surface area contributed by atoms with Crippen molar-refractivity contribution >= 4 is 23.4 Å². The molecule has 1 unspecified atom stereocenters. The lowest BCUT2D eigenvalue weighted by Crippen LogP contribution is -2.59. The van der Waals surface area contributed by atoms with E-state index in [4.69, 9.17) is 20.8 Å². The third-order valence-corrected chi connectivity index (χ3v) is 3.75. The predicted molar refractivity (Wildman–Crippen MR) is 72.7 cm³/mol. The van der Waals surface area contributed by atoms with Crippen LogP contribution >= 0.6 is 11.6 Å². The predicted octanol–water partition coefficient (Wildman–Crippen LogP) is 1.30. The lowest BCUT2D eigenvalue weighted by atomic mass is 9.95. The third-order valence-electron chi connectivity index (χ3n) is 3.55. The second kappa shape index (κ2) is 5.85. The van der Waals surface area contributed by atoms with Gasteiger partial charge in [0.2, 0.25) is 5.91 Å². The van der Waals surface area contributed by atoms with Crippen molar-refractivity contribution in [2.24, 2.45) is 0 Å². The summed E-state index contributed by atoms with van der Waals surface area (Å²) in [6, 6.07) is 3.01.